The Balaban J connectivity index is 2.88. The molecule has 0 aliphatic carbocycles. The van der Waals surface area contributed by atoms with Crippen molar-refractivity contribution in [2.75, 3.05) is 32.6 Å². The highest BCUT2D eigenvalue weighted by Crippen LogP contribution is 2.32. The van der Waals surface area contributed by atoms with Crippen molar-refractivity contribution in [1.82, 2.24) is 0 Å². The zero-order valence-electron chi connectivity index (χ0n) is 10.2. The molecule has 16 heavy (non-hydrogen) atoms. The number of aryl methyl sites for hydroxylation is 1. The van der Waals surface area contributed by atoms with Crippen molar-refractivity contribution in [3.63, 3.8) is 0 Å². The van der Waals surface area contributed by atoms with Crippen molar-refractivity contribution in [2.24, 2.45) is 5.73 Å². The van der Waals surface area contributed by atoms with E-state index in [1.165, 1.54) is 0 Å². The molecule has 0 unspecified atom stereocenters. The topological polar surface area (TPSA) is 56.5 Å². The highest BCUT2D eigenvalue weighted by Gasteiger charge is 2.08. The van der Waals surface area contributed by atoms with E-state index in [-0.39, 0.29) is 0 Å². The van der Waals surface area contributed by atoms with Gasteiger partial charge in [0.05, 0.1) is 19.9 Å². The van der Waals surface area contributed by atoms with Gasteiger partial charge < -0.3 is 20.5 Å². The molecule has 1 aromatic carbocycles. The lowest BCUT2D eigenvalue weighted by Gasteiger charge is -2.15. The van der Waals surface area contributed by atoms with Crippen molar-refractivity contribution >= 4 is 5.69 Å². The molecule has 0 amide bonds. The van der Waals surface area contributed by atoms with Crippen LogP contribution in [0.3, 0.4) is 0 Å². The molecule has 0 saturated heterocycles. The third-order valence-corrected chi connectivity index (χ3v) is 2.41. The van der Waals surface area contributed by atoms with E-state index in [4.69, 9.17) is 15.2 Å². The van der Waals surface area contributed by atoms with Gasteiger partial charge in [0, 0.05) is 12.6 Å². The molecule has 0 aliphatic heterocycles. The molecule has 3 N–H and O–H groups in total. The lowest BCUT2D eigenvalue weighted by atomic mass is 10.1. The zero-order valence-corrected chi connectivity index (χ0v) is 10.2. The fraction of sp³-hybridized carbons (Fsp3) is 0.500. The van der Waals surface area contributed by atoms with Gasteiger partial charge in [-0.15, -0.1) is 0 Å². The largest absolute Gasteiger partial charge is 0.497 e. The highest BCUT2D eigenvalue weighted by atomic mass is 16.5. The molecule has 1 aromatic rings. The maximum absolute atomic E-state index is 5.46. The summed E-state index contributed by atoms with van der Waals surface area (Å²) in [6.07, 6.45) is 0.939. The molecule has 0 radical (unpaired) electrons. The molecule has 0 heterocycles. The number of ether oxygens (including phenoxy) is 2. The number of hydrogen-bond donors (Lipinski definition) is 2. The monoisotopic (exact) mass is 224 g/mol. The normalized spacial score (nSPS) is 10.0. The van der Waals surface area contributed by atoms with Gasteiger partial charge in [0.2, 0.25) is 0 Å². The number of anilines is 1. The number of rotatable bonds is 6. The van der Waals surface area contributed by atoms with Crippen molar-refractivity contribution in [3.8, 4) is 11.5 Å². The second-order valence-corrected chi connectivity index (χ2v) is 3.59. The van der Waals surface area contributed by atoms with Crippen molar-refractivity contribution in [3.05, 3.63) is 17.7 Å². The molecule has 90 valence electrons. The van der Waals surface area contributed by atoms with E-state index in [2.05, 4.69) is 5.32 Å². The van der Waals surface area contributed by atoms with E-state index >= 15 is 0 Å². The minimum Gasteiger partial charge on any atom is -0.497 e. The van der Waals surface area contributed by atoms with Crippen LogP contribution in [0.25, 0.3) is 0 Å². The van der Waals surface area contributed by atoms with Gasteiger partial charge >= 0.3 is 0 Å². The van der Waals surface area contributed by atoms with Crippen LogP contribution in [-0.2, 0) is 0 Å². The first-order chi connectivity index (χ1) is 7.72. The lowest BCUT2D eigenvalue weighted by Crippen LogP contribution is -2.10. The maximum atomic E-state index is 5.46. The quantitative estimate of drug-likeness (QED) is 0.723. The molecule has 0 atom stereocenters. The zero-order chi connectivity index (χ0) is 12.0. The average molecular weight is 224 g/mol. The first-order valence-electron chi connectivity index (χ1n) is 5.39. The van der Waals surface area contributed by atoms with E-state index in [9.17, 15) is 0 Å². The van der Waals surface area contributed by atoms with Gasteiger partial charge in [-0.1, -0.05) is 0 Å². The Kier molecular flexibility index (Phi) is 4.92. The van der Waals surface area contributed by atoms with Crippen LogP contribution in [-0.4, -0.2) is 27.3 Å². The smallest absolute Gasteiger partial charge is 0.145 e. The molecular weight excluding hydrogens is 204 g/mol. The second-order valence-electron chi connectivity index (χ2n) is 3.59. The minimum absolute atomic E-state index is 0.685. The van der Waals surface area contributed by atoms with Gasteiger partial charge in [-0.3, -0.25) is 0 Å². The summed E-state index contributed by atoms with van der Waals surface area (Å²) in [6, 6.07) is 3.85. The summed E-state index contributed by atoms with van der Waals surface area (Å²) in [5.74, 6) is 1.60. The molecule has 0 saturated carbocycles. The van der Waals surface area contributed by atoms with Gasteiger partial charge in [-0.25, -0.2) is 0 Å². The Morgan fingerprint density at radius 2 is 2.00 bits per heavy atom. The number of nitrogens with one attached hydrogen (secondary N) is 1. The summed E-state index contributed by atoms with van der Waals surface area (Å²) >= 11 is 0. The van der Waals surface area contributed by atoms with Crippen LogP contribution in [0.5, 0.6) is 11.5 Å². The van der Waals surface area contributed by atoms with Crippen molar-refractivity contribution in [2.45, 2.75) is 13.3 Å². The molecule has 1 rings (SSSR count). The van der Waals surface area contributed by atoms with Crippen LogP contribution in [0.2, 0.25) is 0 Å². The molecule has 0 aromatic heterocycles. The highest BCUT2D eigenvalue weighted by molar-refractivity contribution is 5.64. The van der Waals surface area contributed by atoms with Crippen LogP contribution in [0.1, 0.15) is 12.0 Å². The fourth-order valence-corrected chi connectivity index (χ4v) is 1.54. The standard InChI is InChI=1S/C12H20N2O2/c1-9-7-10(15-2)8-11(16-3)12(9)14-6-4-5-13/h7-8,14H,4-6,13H2,1-3H3. The molecule has 0 bridgehead atoms. The Bertz CT molecular complexity index is 340. The molecule has 0 fully saturated rings. The second kappa shape index (κ2) is 6.23. The van der Waals surface area contributed by atoms with Crippen LogP contribution >= 0.6 is 0 Å². The van der Waals surface area contributed by atoms with Crippen LogP contribution in [0.15, 0.2) is 12.1 Å². The Labute approximate surface area is 96.7 Å². The van der Waals surface area contributed by atoms with Crippen molar-refractivity contribution in [1.29, 1.82) is 0 Å². The molecular formula is C12H20N2O2. The third kappa shape index (κ3) is 3.03. The predicted octanol–water partition coefficient (Wildman–Crippen LogP) is 1.77. The fourth-order valence-electron chi connectivity index (χ4n) is 1.54. The van der Waals surface area contributed by atoms with E-state index < -0.39 is 0 Å². The summed E-state index contributed by atoms with van der Waals surface area (Å²) in [5, 5.41) is 3.32. The number of hydrogen-bond acceptors (Lipinski definition) is 4. The van der Waals surface area contributed by atoms with Gasteiger partial charge in [0.15, 0.2) is 0 Å². The first-order valence-corrected chi connectivity index (χ1v) is 5.39. The lowest BCUT2D eigenvalue weighted by molar-refractivity contribution is 0.395. The number of nitrogens with two attached hydrogens (primary N) is 1. The van der Waals surface area contributed by atoms with E-state index in [1.54, 1.807) is 14.2 Å². The molecule has 0 aliphatic rings. The summed E-state index contributed by atoms with van der Waals surface area (Å²) in [6.45, 7) is 3.56. The first kappa shape index (κ1) is 12.6. The van der Waals surface area contributed by atoms with E-state index in [0.29, 0.717) is 6.54 Å². The van der Waals surface area contributed by atoms with Gasteiger partial charge in [-0.05, 0) is 31.5 Å². The Morgan fingerprint density at radius 1 is 1.25 bits per heavy atom. The minimum atomic E-state index is 0.685. The van der Waals surface area contributed by atoms with Gasteiger partial charge in [0.1, 0.15) is 11.5 Å². The van der Waals surface area contributed by atoms with Gasteiger partial charge in [-0.2, -0.15) is 0 Å². The molecule has 0 spiro atoms. The SMILES string of the molecule is COc1cc(C)c(NCCCN)c(OC)c1. The Morgan fingerprint density at radius 3 is 2.56 bits per heavy atom. The summed E-state index contributed by atoms with van der Waals surface area (Å²) in [5.41, 5.74) is 7.57. The summed E-state index contributed by atoms with van der Waals surface area (Å²) < 4.78 is 10.5. The number of methoxy groups -OCH3 is 2. The summed E-state index contributed by atoms with van der Waals surface area (Å²) in [4.78, 5) is 0. The molecule has 4 nitrogen and oxygen atoms in total. The third-order valence-electron chi connectivity index (χ3n) is 2.41. The van der Waals surface area contributed by atoms with Gasteiger partial charge in [0.25, 0.3) is 0 Å². The predicted molar refractivity (Wildman–Crippen MR) is 66.4 cm³/mol. The number of benzene rings is 1. The van der Waals surface area contributed by atoms with E-state index in [1.807, 2.05) is 19.1 Å². The molecule has 4 heteroatoms. The van der Waals surface area contributed by atoms with Crippen LogP contribution in [0, 0.1) is 6.92 Å². The van der Waals surface area contributed by atoms with Crippen molar-refractivity contribution < 1.29 is 9.47 Å². The van der Waals surface area contributed by atoms with E-state index in [0.717, 1.165) is 35.7 Å². The average Bonchev–Trinajstić information content (AvgIpc) is 2.30. The summed E-state index contributed by atoms with van der Waals surface area (Å²) in [7, 11) is 3.30. The maximum Gasteiger partial charge on any atom is 0.145 e. The Hall–Kier alpha value is -1.42. The van der Waals surface area contributed by atoms with Crippen LogP contribution in [0.4, 0.5) is 5.69 Å². The van der Waals surface area contributed by atoms with Crippen LogP contribution < -0.4 is 20.5 Å².